The van der Waals surface area contributed by atoms with Crippen molar-refractivity contribution >= 4 is 11.6 Å². The minimum Gasteiger partial charge on any atom is -0.496 e. The van der Waals surface area contributed by atoms with E-state index in [0.29, 0.717) is 19.5 Å². The Morgan fingerprint density at radius 1 is 1.00 bits per heavy atom. The van der Waals surface area contributed by atoms with Crippen LogP contribution in [0, 0.1) is 0 Å². The van der Waals surface area contributed by atoms with E-state index in [1.807, 2.05) is 36.4 Å². The minimum absolute atomic E-state index is 0.0615. The Kier molecular flexibility index (Phi) is 7.15. The predicted molar refractivity (Wildman–Crippen MR) is 98.6 cm³/mol. The van der Waals surface area contributed by atoms with E-state index >= 15 is 0 Å². The molecule has 4 heteroatoms. The van der Waals surface area contributed by atoms with E-state index in [9.17, 15) is 4.79 Å². The van der Waals surface area contributed by atoms with Crippen LogP contribution in [0.3, 0.4) is 0 Å². The van der Waals surface area contributed by atoms with Gasteiger partial charge in [0, 0.05) is 25.2 Å². The van der Waals surface area contributed by atoms with E-state index < -0.39 is 0 Å². The zero-order chi connectivity index (χ0) is 17.2. The summed E-state index contributed by atoms with van der Waals surface area (Å²) in [7, 11) is 1.66. The second-order valence-corrected chi connectivity index (χ2v) is 5.60. The van der Waals surface area contributed by atoms with Crippen molar-refractivity contribution < 1.29 is 9.53 Å². The zero-order valence-electron chi connectivity index (χ0n) is 14.5. The van der Waals surface area contributed by atoms with Crippen LogP contribution in [0.15, 0.2) is 48.5 Å². The van der Waals surface area contributed by atoms with Crippen molar-refractivity contribution in [3.8, 4) is 5.75 Å². The maximum atomic E-state index is 12.0. The molecule has 0 bridgehead atoms. The van der Waals surface area contributed by atoms with Gasteiger partial charge in [0.25, 0.3) is 0 Å². The van der Waals surface area contributed by atoms with E-state index in [2.05, 4.69) is 29.7 Å². The molecular weight excluding hydrogens is 300 g/mol. The summed E-state index contributed by atoms with van der Waals surface area (Å²) in [5.74, 6) is 0.927. The number of hydrogen-bond donors (Lipinski definition) is 2. The summed E-state index contributed by atoms with van der Waals surface area (Å²) in [6.45, 7) is 3.38. The lowest BCUT2D eigenvalue weighted by atomic mass is 10.1. The summed E-state index contributed by atoms with van der Waals surface area (Å²) in [5.41, 5.74) is 3.49. The molecule has 0 fully saturated rings. The topological polar surface area (TPSA) is 50.4 Å². The maximum absolute atomic E-state index is 12.0. The second-order valence-electron chi connectivity index (χ2n) is 5.60. The summed E-state index contributed by atoms with van der Waals surface area (Å²) in [5, 5.41) is 6.30. The van der Waals surface area contributed by atoms with E-state index in [4.69, 9.17) is 4.74 Å². The highest BCUT2D eigenvalue weighted by Gasteiger charge is 2.05. The lowest BCUT2D eigenvalue weighted by molar-refractivity contribution is -0.120. The van der Waals surface area contributed by atoms with Gasteiger partial charge in [-0.05, 0) is 36.1 Å². The molecule has 0 aromatic heterocycles. The summed E-state index contributed by atoms with van der Waals surface area (Å²) in [6, 6.07) is 16.1. The molecule has 1 amide bonds. The van der Waals surface area contributed by atoms with Crippen LogP contribution in [-0.4, -0.2) is 26.1 Å². The number of benzene rings is 2. The fraction of sp³-hybridized carbons (Fsp3) is 0.350. The number of ether oxygens (including phenoxy) is 1. The van der Waals surface area contributed by atoms with Gasteiger partial charge in [0.2, 0.25) is 5.91 Å². The first kappa shape index (κ1) is 17.9. The third kappa shape index (κ3) is 5.30. The number of carbonyl (C=O) groups excluding carboxylic acids is 1. The number of carbonyl (C=O) groups is 1. The van der Waals surface area contributed by atoms with Gasteiger partial charge in [0.15, 0.2) is 0 Å². The van der Waals surface area contributed by atoms with Gasteiger partial charge in [-0.15, -0.1) is 0 Å². The molecule has 24 heavy (non-hydrogen) atoms. The normalized spacial score (nSPS) is 10.2. The smallest absolute Gasteiger partial charge is 0.221 e. The van der Waals surface area contributed by atoms with Crippen LogP contribution in [0.4, 0.5) is 5.69 Å². The van der Waals surface area contributed by atoms with Crippen LogP contribution in [0.25, 0.3) is 0 Å². The standard InChI is InChI=1S/C20H26N2O2/c1-3-16-8-4-6-10-18(16)21-15-13-20(23)22-14-12-17-9-5-7-11-19(17)24-2/h4-11,21H,3,12-15H2,1-2H3,(H,22,23). The number of nitrogens with one attached hydrogen (secondary N) is 2. The van der Waals surface area contributed by atoms with Gasteiger partial charge in [0.1, 0.15) is 5.75 Å². The number of anilines is 1. The fourth-order valence-corrected chi connectivity index (χ4v) is 2.65. The SMILES string of the molecule is CCc1ccccc1NCCC(=O)NCCc1ccccc1OC. The van der Waals surface area contributed by atoms with Crippen LogP contribution < -0.4 is 15.4 Å². The molecule has 0 saturated heterocycles. The molecule has 4 nitrogen and oxygen atoms in total. The van der Waals surface area contributed by atoms with E-state index in [0.717, 1.165) is 29.8 Å². The number of hydrogen-bond acceptors (Lipinski definition) is 3. The Morgan fingerprint density at radius 3 is 2.46 bits per heavy atom. The summed E-state index contributed by atoms with van der Waals surface area (Å²) in [6.07, 6.45) is 2.21. The molecule has 0 heterocycles. The Balaban J connectivity index is 1.70. The van der Waals surface area contributed by atoms with Crippen molar-refractivity contribution in [2.75, 3.05) is 25.5 Å². The second kappa shape index (κ2) is 9.60. The molecule has 0 saturated carbocycles. The molecular formula is C20H26N2O2. The quantitative estimate of drug-likeness (QED) is 0.742. The highest BCUT2D eigenvalue weighted by atomic mass is 16.5. The Hall–Kier alpha value is -2.49. The molecule has 2 rings (SSSR count). The van der Waals surface area contributed by atoms with Gasteiger partial charge in [-0.2, -0.15) is 0 Å². The first-order valence-electron chi connectivity index (χ1n) is 8.45. The molecule has 0 atom stereocenters. The van der Waals surface area contributed by atoms with Crippen LogP contribution in [0.5, 0.6) is 5.75 Å². The maximum Gasteiger partial charge on any atom is 0.221 e. The number of rotatable bonds is 9. The van der Waals surface area contributed by atoms with Crippen LogP contribution in [-0.2, 0) is 17.6 Å². The highest BCUT2D eigenvalue weighted by Crippen LogP contribution is 2.17. The van der Waals surface area contributed by atoms with Crippen LogP contribution in [0.2, 0.25) is 0 Å². The molecule has 0 spiro atoms. The average Bonchev–Trinajstić information content (AvgIpc) is 2.62. The van der Waals surface area contributed by atoms with Gasteiger partial charge >= 0.3 is 0 Å². The lowest BCUT2D eigenvalue weighted by Crippen LogP contribution is -2.27. The largest absolute Gasteiger partial charge is 0.496 e. The highest BCUT2D eigenvalue weighted by molar-refractivity contribution is 5.76. The number of amides is 1. The predicted octanol–water partition coefficient (Wildman–Crippen LogP) is 3.42. The molecule has 0 aliphatic carbocycles. The van der Waals surface area contributed by atoms with Crippen molar-refractivity contribution in [1.29, 1.82) is 0 Å². The van der Waals surface area contributed by atoms with Gasteiger partial charge < -0.3 is 15.4 Å². The van der Waals surface area contributed by atoms with E-state index in [-0.39, 0.29) is 5.91 Å². The summed E-state index contributed by atoms with van der Waals surface area (Å²) < 4.78 is 5.32. The molecule has 0 radical (unpaired) electrons. The van der Waals surface area contributed by atoms with Crippen molar-refractivity contribution in [2.45, 2.75) is 26.2 Å². The third-order valence-corrected chi connectivity index (χ3v) is 3.97. The Bertz CT molecular complexity index is 600. The third-order valence-electron chi connectivity index (χ3n) is 3.97. The summed E-state index contributed by atoms with van der Waals surface area (Å²) in [4.78, 5) is 12.0. The van der Waals surface area contributed by atoms with E-state index in [1.165, 1.54) is 5.56 Å². The van der Waals surface area contributed by atoms with E-state index in [1.54, 1.807) is 7.11 Å². The number of aryl methyl sites for hydroxylation is 1. The van der Waals surface area contributed by atoms with Gasteiger partial charge in [-0.1, -0.05) is 43.3 Å². The van der Waals surface area contributed by atoms with Crippen molar-refractivity contribution in [3.05, 3.63) is 59.7 Å². The molecule has 0 aliphatic heterocycles. The lowest BCUT2D eigenvalue weighted by Gasteiger charge is -2.11. The van der Waals surface area contributed by atoms with Gasteiger partial charge in [-0.25, -0.2) is 0 Å². The molecule has 0 aliphatic rings. The van der Waals surface area contributed by atoms with Crippen LogP contribution >= 0.6 is 0 Å². The first-order valence-corrected chi connectivity index (χ1v) is 8.45. The molecule has 128 valence electrons. The Labute approximate surface area is 144 Å². The first-order chi connectivity index (χ1) is 11.7. The van der Waals surface area contributed by atoms with Gasteiger partial charge in [0.05, 0.1) is 7.11 Å². The molecule has 2 N–H and O–H groups in total. The van der Waals surface area contributed by atoms with Crippen molar-refractivity contribution in [3.63, 3.8) is 0 Å². The fourth-order valence-electron chi connectivity index (χ4n) is 2.65. The molecule has 2 aromatic carbocycles. The number of para-hydroxylation sites is 2. The molecule has 0 unspecified atom stereocenters. The van der Waals surface area contributed by atoms with Crippen molar-refractivity contribution in [1.82, 2.24) is 5.32 Å². The summed E-state index contributed by atoms with van der Waals surface area (Å²) >= 11 is 0. The zero-order valence-corrected chi connectivity index (χ0v) is 14.5. The Morgan fingerprint density at radius 2 is 1.71 bits per heavy atom. The van der Waals surface area contributed by atoms with Crippen LogP contribution in [0.1, 0.15) is 24.5 Å². The van der Waals surface area contributed by atoms with Gasteiger partial charge in [-0.3, -0.25) is 4.79 Å². The number of methoxy groups -OCH3 is 1. The monoisotopic (exact) mass is 326 g/mol. The minimum atomic E-state index is 0.0615. The average molecular weight is 326 g/mol. The molecule has 2 aromatic rings. The van der Waals surface area contributed by atoms with Crippen molar-refractivity contribution in [2.24, 2.45) is 0 Å².